The molecule has 0 N–H and O–H groups in total. The van der Waals surface area contributed by atoms with E-state index in [2.05, 4.69) is 0 Å². The molecule has 3 heteroatoms. The van der Waals surface area contributed by atoms with Gasteiger partial charge in [0.05, 0.1) is 13.2 Å². The second kappa shape index (κ2) is 1.80. The zero-order chi connectivity index (χ0) is 7.19. The Kier molecular flexibility index (Phi) is 1.13. The van der Waals surface area contributed by atoms with Crippen molar-refractivity contribution in [2.75, 3.05) is 13.2 Å². The highest BCUT2D eigenvalue weighted by Gasteiger charge is 2.54. The van der Waals surface area contributed by atoms with Crippen LogP contribution < -0.4 is 0 Å². The van der Waals surface area contributed by atoms with E-state index in [-0.39, 0.29) is 17.5 Å². The maximum Gasteiger partial charge on any atom is 0.167 e. The number of ether oxygens (including phenoxy) is 2. The van der Waals surface area contributed by atoms with Gasteiger partial charge in [0.2, 0.25) is 0 Å². The van der Waals surface area contributed by atoms with Gasteiger partial charge in [0.25, 0.3) is 0 Å². The summed E-state index contributed by atoms with van der Waals surface area (Å²) in [5.41, 5.74) is -0.282. The molecule has 2 aliphatic rings. The lowest BCUT2D eigenvalue weighted by Crippen LogP contribution is -2.63. The molecule has 1 saturated heterocycles. The van der Waals surface area contributed by atoms with Crippen molar-refractivity contribution in [3.05, 3.63) is 0 Å². The number of fused-ring (bicyclic) bond motifs is 1. The van der Waals surface area contributed by atoms with E-state index in [1.165, 1.54) is 0 Å². The monoisotopic (exact) mass is 142 g/mol. The van der Waals surface area contributed by atoms with Crippen LogP contribution in [-0.2, 0) is 14.3 Å². The maximum atomic E-state index is 10.9. The fraction of sp³-hybridized carbons (Fsp3) is 0.857. The second-order valence-electron chi connectivity index (χ2n) is 3.06. The summed E-state index contributed by atoms with van der Waals surface area (Å²) in [4.78, 5) is 10.9. The third-order valence-electron chi connectivity index (χ3n) is 2.17. The molecule has 0 unspecified atom stereocenters. The number of carbonyl (C=O) groups excluding carboxylic acids is 1. The molecule has 0 radical (unpaired) electrons. The van der Waals surface area contributed by atoms with Gasteiger partial charge in [0.15, 0.2) is 5.78 Å². The van der Waals surface area contributed by atoms with Gasteiger partial charge in [-0.2, -0.15) is 0 Å². The quantitative estimate of drug-likeness (QED) is 0.482. The van der Waals surface area contributed by atoms with Crippen molar-refractivity contribution < 1.29 is 14.3 Å². The summed E-state index contributed by atoms with van der Waals surface area (Å²) in [5.74, 6) is 0.183. The molecule has 3 nitrogen and oxygen atoms in total. The van der Waals surface area contributed by atoms with E-state index < -0.39 is 0 Å². The minimum Gasteiger partial charge on any atom is -0.369 e. The minimum absolute atomic E-state index is 0.183. The lowest BCUT2D eigenvalue weighted by Gasteiger charge is -2.47. The molecule has 0 aromatic heterocycles. The summed E-state index contributed by atoms with van der Waals surface area (Å²) in [7, 11) is 0. The van der Waals surface area contributed by atoms with Crippen molar-refractivity contribution in [2.45, 2.75) is 25.0 Å². The Labute approximate surface area is 59.3 Å². The first-order chi connectivity index (χ1) is 4.72. The largest absolute Gasteiger partial charge is 0.369 e. The average molecular weight is 142 g/mol. The summed E-state index contributed by atoms with van der Waals surface area (Å²) in [6.07, 6.45) is 0.263. The molecule has 0 spiro atoms. The molecule has 0 aromatic carbocycles. The zero-order valence-electron chi connectivity index (χ0n) is 5.92. The van der Waals surface area contributed by atoms with Crippen molar-refractivity contribution in [2.24, 2.45) is 0 Å². The maximum absolute atomic E-state index is 10.9. The topological polar surface area (TPSA) is 35.5 Å². The Morgan fingerprint density at radius 2 is 2.40 bits per heavy atom. The SMILES string of the molecule is C[C@]12CC(=O)[C@H]1OCCO2. The van der Waals surface area contributed by atoms with Gasteiger partial charge in [-0.05, 0) is 6.92 Å². The van der Waals surface area contributed by atoms with E-state index in [0.29, 0.717) is 19.6 Å². The van der Waals surface area contributed by atoms with Gasteiger partial charge in [-0.1, -0.05) is 0 Å². The fourth-order valence-corrected chi connectivity index (χ4v) is 1.58. The molecule has 1 aliphatic carbocycles. The predicted molar refractivity (Wildman–Crippen MR) is 33.7 cm³/mol. The van der Waals surface area contributed by atoms with Gasteiger partial charge in [-0.15, -0.1) is 0 Å². The van der Waals surface area contributed by atoms with Crippen LogP contribution in [0.2, 0.25) is 0 Å². The highest BCUT2D eigenvalue weighted by molar-refractivity contribution is 5.92. The van der Waals surface area contributed by atoms with Gasteiger partial charge >= 0.3 is 0 Å². The molecule has 2 rings (SSSR count). The van der Waals surface area contributed by atoms with Gasteiger partial charge in [-0.25, -0.2) is 0 Å². The molecule has 1 saturated carbocycles. The van der Waals surface area contributed by atoms with E-state index >= 15 is 0 Å². The Morgan fingerprint density at radius 3 is 2.90 bits per heavy atom. The molecule has 1 heterocycles. The summed E-state index contributed by atoms with van der Waals surface area (Å²) >= 11 is 0. The minimum atomic E-state index is -0.282. The van der Waals surface area contributed by atoms with Crippen molar-refractivity contribution in [1.29, 1.82) is 0 Å². The number of rotatable bonds is 0. The number of carbonyl (C=O) groups is 1. The van der Waals surface area contributed by atoms with Crippen molar-refractivity contribution >= 4 is 5.78 Å². The average Bonchev–Trinajstić information content (AvgIpc) is 1.86. The molecule has 0 amide bonds. The Balaban J connectivity index is 2.13. The molecular weight excluding hydrogens is 132 g/mol. The van der Waals surface area contributed by atoms with E-state index in [4.69, 9.17) is 9.47 Å². The summed E-state index contributed by atoms with van der Waals surface area (Å²) < 4.78 is 10.6. The molecular formula is C7H10O3. The third-order valence-corrected chi connectivity index (χ3v) is 2.17. The van der Waals surface area contributed by atoms with Crippen molar-refractivity contribution in [3.63, 3.8) is 0 Å². The number of ketones is 1. The molecule has 2 atom stereocenters. The van der Waals surface area contributed by atoms with Crippen LogP contribution in [0.15, 0.2) is 0 Å². The lowest BCUT2D eigenvalue weighted by atomic mass is 9.76. The first kappa shape index (κ1) is 6.31. The Morgan fingerprint density at radius 1 is 1.60 bits per heavy atom. The molecule has 1 aliphatic heterocycles. The van der Waals surface area contributed by atoms with Crippen LogP contribution in [0, 0.1) is 0 Å². The van der Waals surface area contributed by atoms with Crippen LogP contribution in [0.4, 0.5) is 0 Å². The number of Topliss-reactive ketones (excluding diaryl/α,β-unsaturated/α-hetero) is 1. The van der Waals surface area contributed by atoms with E-state index in [1.54, 1.807) is 0 Å². The van der Waals surface area contributed by atoms with Crippen LogP contribution >= 0.6 is 0 Å². The number of hydrogen-bond acceptors (Lipinski definition) is 3. The standard InChI is InChI=1S/C7H10O3/c1-7-4-5(8)6(7)9-2-3-10-7/h6H,2-4H2,1H3/t6-,7+/m1/s1. The summed E-state index contributed by atoms with van der Waals surface area (Å²) in [6, 6.07) is 0. The summed E-state index contributed by atoms with van der Waals surface area (Å²) in [5, 5.41) is 0. The predicted octanol–water partition coefficient (Wildman–Crippen LogP) is 0.133. The van der Waals surface area contributed by atoms with Gasteiger partial charge in [-0.3, -0.25) is 4.79 Å². The van der Waals surface area contributed by atoms with Gasteiger partial charge < -0.3 is 9.47 Å². The van der Waals surface area contributed by atoms with Gasteiger partial charge in [0.1, 0.15) is 11.7 Å². The van der Waals surface area contributed by atoms with E-state index in [0.717, 1.165) is 0 Å². The lowest BCUT2D eigenvalue weighted by molar-refractivity contribution is -0.229. The van der Waals surface area contributed by atoms with Crippen LogP contribution in [0.25, 0.3) is 0 Å². The molecule has 2 fully saturated rings. The smallest absolute Gasteiger partial charge is 0.167 e. The third kappa shape index (κ3) is 0.646. The molecule has 10 heavy (non-hydrogen) atoms. The van der Waals surface area contributed by atoms with Crippen LogP contribution in [0.1, 0.15) is 13.3 Å². The second-order valence-corrected chi connectivity index (χ2v) is 3.06. The normalized spacial score (nSPS) is 46.1. The highest BCUT2D eigenvalue weighted by atomic mass is 16.6. The van der Waals surface area contributed by atoms with Crippen LogP contribution in [-0.4, -0.2) is 30.7 Å². The Hall–Kier alpha value is -0.410. The first-order valence-corrected chi connectivity index (χ1v) is 3.51. The first-order valence-electron chi connectivity index (χ1n) is 3.51. The number of hydrogen-bond donors (Lipinski definition) is 0. The van der Waals surface area contributed by atoms with Crippen molar-refractivity contribution in [1.82, 2.24) is 0 Å². The molecule has 0 aromatic rings. The molecule has 56 valence electrons. The van der Waals surface area contributed by atoms with E-state index in [1.807, 2.05) is 6.92 Å². The highest BCUT2D eigenvalue weighted by Crippen LogP contribution is 2.36. The molecule has 0 bridgehead atoms. The fourth-order valence-electron chi connectivity index (χ4n) is 1.58. The summed E-state index contributed by atoms with van der Waals surface area (Å²) in [6.45, 7) is 3.12. The zero-order valence-corrected chi connectivity index (χ0v) is 5.92. The van der Waals surface area contributed by atoms with Crippen LogP contribution in [0.5, 0.6) is 0 Å². The van der Waals surface area contributed by atoms with Crippen molar-refractivity contribution in [3.8, 4) is 0 Å². The van der Waals surface area contributed by atoms with E-state index in [9.17, 15) is 4.79 Å². The van der Waals surface area contributed by atoms with Crippen LogP contribution in [0.3, 0.4) is 0 Å². The Bertz CT molecular complexity index is 178. The van der Waals surface area contributed by atoms with Gasteiger partial charge in [0, 0.05) is 6.42 Å².